The predicted molar refractivity (Wildman–Crippen MR) is 247 cm³/mol. The van der Waals surface area contributed by atoms with Gasteiger partial charge in [-0.3, -0.25) is 0 Å². The van der Waals surface area contributed by atoms with E-state index in [1.807, 2.05) is 60.7 Å². The topological polar surface area (TPSA) is 6.48 Å². The second-order valence-corrected chi connectivity index (χ2v) is 16.0. The maximum atomic E-state index is 14.2. The summed E-state index contributed by atoms with van der Waals surface area (Å²) in [5.74, 6) is -0.531. The number of para-hydroxylation sites is 2. The first-order chi connectivity index (χ1) is 30.1. The molecule has 10 aromatic rings. The van der Waals surface area contributed by atoms with Crippen LogP contribution in [0.2, 0.25) is 0 Å². The third kappa shape index (κ3) is 5.32. The first kappa shape index (κ1) is 35.2. The smallest absolute Gasteiger partial charge is 0.123 e. The summed E-state index contributed by atoms with van der Waals surface area (Å²) >= 11 is 0. The molecular formula is C57H36F2N2. The molecule has 288 valence electrons. The molecule has 0 atom stereocenters. The Morgan fingerprint density at radius 2 is 0.754 bits per heavy atom. The lowest BCUT2D eigenvalue weighted by molar-refractivity contribution is 0.627. The van der Waals surface area contributed by atoms with Crippen molar-refractivity contribution in [3.05, 3.63) is 252 Å². The van der Waals surface area contributed by atoms with Crippen molar-refractivity contribution >= 4 is 55.7 Å². The van der Waals surface area contributed by atoms with E-state index in [0.29, 0.717) is 0 Å². The van der Waals surface area contributed by atoms with Crippen LogP contribution >= 0.6 is 0 Å². The fraction of sp³-hybridized carbons (Fsp3) is 0.0175. The van der Waals surface area contributed by atoms with E-state index in [1.165, 1.54) is 74.2 Å². The molecule has 2 aliphatic carbocycles. The fourth-order valence-electron chi connectivity index (χ4n) is 10.2. The number of hydrogen-bond acceptors (Lipinski definition) is 2. The van der Waals surface area contributed by atoms with Gasteiger partial charge < -0.3 is 9.80 Å². The molecule has 4 heteroatoms. The SMILES string of the molecule is Fc1ccc(N(c2ccccc2)c2ccc3cc4c(cc3c2)C2(c3ccccc3-c3ccccc32)c2c-4ccc3cc(N(c4ccccc4)c4ccc(F)cc4)ccc23)cc1. The highest BCUT2D eigenvalue weighted by atomic mass is 19.1. The molecule has 2 aliphatic rings. The van der Waals surface area contributed by atoms with Gasteiger partial charge in [-0.15, -0.1) is 0 Å². The first-order valence-corrected chi connectivity index (χ1v) is 20.6. The van der Waals surface area contributed by atoms with Crippen LogP contribution < -0.4 is 9.80 Å². The zero-order valence-corrected chi connectivity index (χ0v) is 32.9. The normalized spacial score (nSPS) is 12.9. The highest BCUT2D eigenvalue weighted by molar-refractivity contribution is 6.07. The fourth-order valence-corrected chi connectivity index (χ4v) is 10.2. The van der Waals surface area contributed by atoms with Gasteiger partial charge >= 0.3 is 0 Å². The highest BCUT2D eigenvalue weighted by Crippen LogP contribution is 2.64. The van der Waals surface area contributed by atoms with Gasteiger partial charge in [0.25, 0.3) is 0 Å². The summed E-state index contributed by atoms with van der Waals surface area (Å²) in [6.45, 7) is 0. The van der Waals surface area contributed by atoms with Gasteiger partial charge in [0.2, 0.25) is 0 Å². The number of benzene rings is 10. The summed E-state index contributed by atoms with van der Waals surface area (Å²) in [6.07, 6.45) is 0. The molecule has 0 fully saturated rings. The van der Waals surface area contributed by atoms with E-state index >= 15 is 0 Å². The van der Waals surface area contributed by atoms with Gasteiger partial charge in [-0.25, -0.2) is 8.78 Å². The third-order valence-corrected chi connectivity index (χ3v) is 12.7. The van der Waals surface area contributed by atoms with Crippen LogP contribution in [0.5, 0.6) is 0 Å². The minimum Gasteiger partial charge on any atom is -0.310 e. The standard InChI is InChI=1S/C57H36F2N2/c58-40-21-26-44(27-22-40)60(42-11-3-1-4-12-42)46-25-19-37-35-52-51-31-20-38-33-47(61(43-13-5-2-6-14-43)45-28-23-41(59)24-29-45)30-32-48(38)56(51)57(55(52)36-39(37)34-46)53-17-9-7-15-49(53)50-16-8-10-18-54(50)57/h1-36H. The Labute approximate surface area is 352 Å². The van der Waals surface area contributed by atoms with Gasteiger partial charge in [-0.05, 0) is 175 Å². The lowest BCUT2D eigenvalue weighted by atomic mass is 9.69. The molecule has 0 heterocycles. The van der Waals surface area contributed by atoms with E-state index in [9.17, 15) is 8.78 Å². The van der Waals surface area contributed by atoms with Crippen LogP contribution in [0.3, 0.4) is 0 Å². The second-order valence-electron chi connectivity index (χ2n) is 16.0. The zero-order chi connectivity index (χ0) is 40.7. The Morgan fingerprint density at radius 1 is 0.295 bits per heavy atom. The maximum absolute atomic E-state index is 14.2. The van der Waals surface area contributed by atoms with Crippen LogP contribution in [0, 0.1) is 11.6 Å². The van der Waals surface area contributed by atoms with Gasteiger partial charge in [0.05, 0.1) is 5.41 Å². The van der Waals surface area contributed by atoms with Crippen LogP contribution in [0.4, 0.5) is 42.9 Å². The van der Waals surface area contributed by atoms with E-state index in [2.05, 4.69) is 143 Å². The monoisotopic (exact) mass is 786 g/mol. The molecule has 0 aromatic heterocycles. The van der Waals surface area contributed by atoms with Crippen molar-refractivity contribution < 1.29 is 8.78 Å². The van der Waals surface area contributed by atoms with Crippen LogP contribution in [-0.2, 0) is 5.41 Å². The van der Waals surface area contributed by atoms with E-state index < -0.39 is 5.41 Å². The summed E-state index contributed by atoms with van der Waals surface area (Å²) in [6, 6.07) is 74.5. The molecule has 0 aliphatic heterocycles. The average molecular weight is 787 g/mol. The van der Waals surface area contributed by atoms with Crippen molar-refractivity contribution in [1.82, 2.24) is 0 Å². The number of fused-ring (bicyclic) bond motifs is 13. The zero-order valence-electron chi connectivity index (χ0n) is 32.9. The third-order valence-electron chi connectivity index (χ3n) is 12.7. The number of anilines is 6. The molecule has 10 aromatic carbocycles. The van der Waals surface area contributed by atoms with Crippen LogP contribution in [0.15, 0.2) is 218 Å². The van der Waals surface area contributed by atoms with E-state index in [4.69, 9.17) is 0 Å². The summed E-state index contributed by atoms with van der Waals surface area (Å²) in [5, 5.41) is 4.58. The van der Waals surface area contributed by atoms with Gasteiger partial charge in [-0.1, -0.05) is 109 Å². The van der Waals surface area contributed by atoms with Crippen molar-refractivity contribution in [2.45, 2.75) is 5.41 Å². The van der Waals surface area contributed by atoms with Crippen LogP contribution in [-0.4, -0.2) is 0 Å². The van der Waals surface area contributed by atoms with Gasteiger partial charge in [0, 0.05) is 34.1 Å². The lowest BCUT2D eigenvalue weighted by Gasteiger charge is -2.32. The molecule has 0 bridgehead atoms. The number of hydrogen-bond donors (Lipinski definition) is 0. The van der Waals surface area contributed by atoms with Crippen molar-refractivity contribution in [2.75, 3.05) is 9.80 Å². The Hall–Kier alpha value is -7.82. The van der Waals surface area contributed by atoms with Crippen molar-refractivity contribution in [3.63, 3.8) is 0 Å². The van der Waals surface area contributed by atoms with Crippen molar-refractivity contribution in [2.24, 2.45) is 0 Å². The Kier molecular flexibility index (Phi) is 7.85. The molecule has 2 nitrogen and oxygen atoms in total. The van der Waals surface area contributed by atoms with Gasteiger partial charge in [0.1, 0.15) is 11.6 Å². The van der Waals surface area contributed by atoms with Gasteiger partial charge in [0.15, 0.2) is 0 Å². The lowest BCUT2D eigenvalue weighted by Crippen LogP contribution is -2.26. The molecule has 1 spiro atoms. The number of rotatable bonds is 6. The number of halogens is 2. The molecule has 0 saturated heterocycles. The van der Waals surface area contributed by atoms with Gasteiger partial charge in [-0.2, -0.15) is 0 Å². The molecule has 0 saturated carbocycles. The molecule has 61 heavy (non-hydrogen) atoms. The van der Waals surface area contributed by atoms with Crippen LogP contribution in [0.25, 0.3) is 43.8 Å². The average Bonchev–Trinajstić information content (AvgIpc) is 3.77. The first-order valence-electron chi connectivity index (χ1n) is 20.6. The number of nitrogens with zero attached hydrogens (tertiary/aromatic N) is 2. The Balaban J connectivity index is 1.10. The van der Waals surface area contributed by atoms with E-state index in [1.54, 1.807) is 0 Å². The minimum absolute atomic E-state index is 0.266. The largest absolute Gasteiger partial charge is 0.310 e. The summed E-state index contributed by atoms with van der Waals surface area (Å²) < 4.78 is 28.5. The molecule has 0 N–H and O–H groups in total. The van der Waals surface area contributed by atoms with E-state index in [0.717, 1.165) is 50.3 Å². The molecule has 0 unspecified atom stereocenters. The summed E-state index contributed by atoms with van der Waals surface area (Å²) in [7, 11) is 0. The Morgan fingerprint density at radius 3 is 1.33 bits per heavy atom. The highest BCUT2D eigenvalue weighted by Gasteiger charge is 2.52. The predicted octanol–water partition coefficient (Wildman–Crippen LogP) is 15.6. The van der Waals surface area contributed by atoms with Crippen molar-refractivity contribution in [3.8, 4) is 22.3 Å². The molecule has 12 rings (SSSR count). The van der Waals surface area contributed by atoms with Crippen molar-refractivity contribution in [1.29, 1.82) is 0 Å². The van der Waals surface area contributed by atoms with E-state index in [-0.39, 0.29) is 11.6 Å². The quantitative estimate of drug-likeness (QED) is 0.166. The minimum atomic E-state index is -0.588. The Bertz CT molecular complexity index is 3280. The van der Waals surface area contributed by atoms with Crippen LogP contribution in [0.1, 0.15) is 22.3 Å². The molecule has 0 radical (unpaired) electrons. The summed E-state index contributed by atoms with van der Waals surface area (Å²) in [5.41, 5.74) is 15.2. The molecular weight excluding hydrogens is 751 g/mol. The summed E-state index contributed by atoms with van der Waals surface area (Å²) in [4.78, 5) is 4.37. The second kappa shape index (κ2) is 13.6. The maximum Gasteiger partial charge on any atom is 0.123 e. The molecule has 0 amide bonds.